The van der Waals surface area contributed by atoms with Gasteiger partial charge in [-0.05, 0) is 25.0 Å². The summed E-state index contributed by atoms with van der Waals surface area (Å²) in [6.07, 6.45) is 4.15. The normalized spacial score (nSPS) is 15.7. The summed E-state index contributed by atoms with van der Waals surface area (Å²) in [5, 5.41) is 9.44. The van der Waals surface area contributed by atoms with Crippen LogP contribution in [0.5, 0.6) is 0 Å². The second-order valence-corrected chi connectivity index (χ2v) is 5.13. The standard InChI is InChI=1S/C13H18ClN3O2/c14-10-5-6-11(15)16-12(10)13(19)17(7-8-18)9-3-1-2-4-9/h5-6,9,18H,1-4,7-8H2,(H2,15,16). The zero-order chi connectivity index (χ0) is 13.8. The van der Waals surface area contributed by atoms with Gasteiger partial charge in [-0.2, -0.15) is 0 Å². The average molecular weight is 284 g/mol. The Balaban J connectivity index is 2.25. The highest BCUT2D eigenvalue weighted by molar-refractivity contribution is 6.33. The first-order valence-electron chi connectivity index (χ1n) is 6.47. The van der Waals surface area contributed by atoms with Gasteiger partial charge >= 0.3 is 0 Å². The van der Waals surface area contributed by atoms with Gasteiger partial charge < -0.3 is 15.7 Å². The van der Waals surface area contributed by atoms with E-state index in [0.717, 1.165) is 25.7 Å². The number of nitrogen functional groups attached to an aromatic ring is 1. The zero-order valence-corrected chi connectivity index (χ0v) is 11.4. The SMILES string of the molecule is Nc1ccc(Cl)c(C(=O)N(CCO)C2CCCC2)n1. The minimum atomic E-state index is -0.252. The Morgan fingerprint density at radius 1 is 1.47 bits per heavy atom. The van der Waals surface area contributed by atoms with E-state index in [1.807, 2.05) is 0 Å². The molecule has 1 aliphatic carbocycles. The lowest BCUT2D eigenvalue weighted by Gasteiger charge is -2.28. The lowest BCUT2D eigenvalue weighted by atomic mass is 10.2. The Kier molecular flexibility index (Phi) is 4.61. The Morgan fingerprint density at radius 3 is 2.79 bits per heavy atom. The summed E-state index contributed by atoms with van der Waals surface area (Å²) < 4.78 is 0. The molecule has 6 heteroatoms. The van der Waals surface area contributed by atoms with E-state index in [9.17, 15) is 4.79 Å². The van der Waals surface area contributed by atoms with Crippen molar-refractivity contribution < 1.29 is 9.90 Å². The van der Waals surface area contributed by atoms with Crippen LogP contribution in [-0.2, 0) is 0 Å². The van der Waals surface area contributed by atoms with Crippen molar-refractivity contribution in [3.8, 4) is 0 Å². The first kappa shape index (κ1) is 14.1. The number of nitrogens with two attached hydrogens (primary N) is 1. The number of hydrogen-bond donors (Lipinski definition) is 2. The second-order valence-electron chi connectivity index (χ2n) is 4.73. The predicted octanol–water partition coefficient (Wildman–Crippen LogP) is 1.69. The summed E-state index contributed by atoms with van der Waals surface area (Å²) in [5.74, 6) is 0.0152. The van der Waals surface area contributed by atoms with Gasteiger partial charge in [-0.15, -0.1) is 0 Å². The molecule has 1 aromatic rings. The maximum absolute atomic E-state index is 12.5. The second kappa shape index (κ2) is 6.21. The molecule has 3 N–H and O–H groups in total. The molecule has 0 spiro atoms. The van der Waals surface area contributed by atoms with Crippen molar-refractivity contribution in [1.29, 1.82) is 0 Å². The molecule has 1 saturated carbocycles. The number of carbonyl (C=O) groups excluding carboxylic acids is 1. The van der Waals surface area contributed by atoms with Crippen molar-refractivity contribution in [3.05, 3.63) is 22.8 Å². The van der Waals surface area contributed by atoms with Crippen molar-refractivity contribution in [3.63, 3.8) is 0 Å². The molecule has 0 radical (unpaired) electrons. The van der Waals surface area contributed by atoms with E-state index >= 15 is 0 Å². The van der Waals surface area contributed by atoms with Crippen LogP contribution in [0, 0.1) is 0 Å². The van der Waals surface area contributed by atoms with E-state index in [1.54, 1.807) is 17.0 Å². The number of pyridine rings is 1. The van der Waals surface area contributed by atoms with Crippen LogP contribution < -0.4 is 5.73 Å². The molecular weight excluding hydrogens is 266 g/mol. The van der Waals surface area contributed by atoms with E-state index in [1.165, 1.54) is 0 Å². The number of halogens is 1. The topological polar surface area (TPSA) is 79.5 Å². The molecule has 1 fully saturated rings. The summed E-state index contributed by atoms with van der Waals surface area (Å²) in [7, 11) is 0. The fourth-order valence-electron chi connectivity index (χ4n) is 2.52. The molecule has 1 amide bonds. The fraction of sp³-hybridized carbons (Fsp3) is 0.538. The number of aliphatic hydroxyl groups is 1. The van der Waals surface area contributed by atoms with Crippen LogP contribution in [0.25, 0.3) is 0 Å². The van der Waals surface area contributed by atoms with E-state index in [4.69, 9.17) is 22.4 Å². The van der Waals surface area contributed by atoms with Crippen LogP contribution in [0.1, 0.15) is 36.2 Å². The monoisotopic (exact) mass is 283 g/mol. The molecule has 1 aliphatic rings. The molecular formula is C13H18ClN3O2. The highest BCUT2D eigenvalue weighted by Crippen LogP contribution is 2.26. The molecule has 2 rings (SSSR count). The zero-order valence-electron chi connectivity index (χ0n) is 10.7. The molecule has 0 unspecified atom stereocenters. The third-order valence-corrected chi connectivity index (χ3v) is 3.74. The van der Waals surface area contributed by atoms with Crippen LogP contribution >= 0.6 is 11.6 Å². The Hall–Kier alpha value is -1.33. The summed E-state index contributed by atoms with van der Waals surface area (Å²) in [5.41, 5.74) is 5.77. The summed E-state index contributed by atoms with van der Waals surface area (Å²) in [6, 6.07) is 3.30. The number of nitrogens with zero attached hydrogens (tertiary/aromatic N) is 2. The molecule has 19 heavy (non-hydrogen) atoms. The average Bonchev–Trinajstić information content (AvgIpc) is 2.92. The van der Waals surface area contributed by atoms with Gasteiger partial charge in [0.15, 0.2) is 0 Å². The van der Waals surface area contributed by atoms with E-state index < -0.39 is 0 Å². The molecule has 0 bridgehead atoms. The number of aromatic nitrogens is 1. The first-order valence-corrected chi connectivity index (χ1v) is 6.85. The maximum atomic E-state index is 12.5. The summed E-state index contributed by atoms with van der Waals surface area (Å²) >= 11 is 6.01. The molecule has 1 heterocycles. The number of hydrogen-bond acceptors (Lipinski definition) is 4. The van der Waals surface area contributed by atoms with Gasteiger partial charge in [0, 0.05) is 12.6 Å². The van der Waals surface area contributed by atoms with Crippen LogP contribution in [-0.4, -0.2) is 40.1 Å². The number of aliphatic hydroxyl groups excluding tert-OH is 1. The smallest absolute Gasteiger partial charge is 0.274 e. The first-order chi connectivity index (χ1) is 9.13. The van der Waals surface area contributed by atoms with Gasteiger partial charge in [0.1, 0.15) is 11.5 Å². The van der Waals surface area contributed by atoms with Gasteiger partial charge in [0.2, 0.25) is 0 Å². The number of carbonyl (C=O) groups is 1. The molecule has 5 nitrogen and oxygen atoms in total. The van der Waals surface area contributed by atoms with Gasteiger partial charge in [0.25, 0.3) is 5.91 Å². The van der Waals surface area contributed by atoms with Crippen LogP contribution in [0.15, 0.2) is 12.1 Å². The van der Waals surface area contributed by atoms with Crippen molar-refractivity contribution in [2.45, 2.75) is 31.7 Å². The molecule has 0 aromatic carbocycles. The minimum Gasteiger partial charge on any atom is -0.395 e. The highest BCUT2D eigenvalue weighted by Gasteiger charge is 2.28. The molecule has 0 aliphatic heterocycles. The van der Waals surface area contributed by atoms with Crippen LogP contribution in [0.4, 0.5) is 5.82 Å². The quantitative estimate of drug-likeness (QED) is 0.881. The van der Waals surface area contributed by atoms with Crippen molar-refractivity contribution in [2.75, 3.05) is 18.9 Å². The van der Waals surface area contributed by atoms with E-state index in [2.05, 4.69) is 4.98 Å². The van der Waals surface area contributed by atoms with Gasteiger partial charge in [-0.1, -0.05) is 24.4 Å². The molecule has 1 aromatic heterocycles. The number of rotatable bonds is 4. The van der Waals surface area contributed by atoms with Crippen LogP contribution in [0.2, 0.25) is 5.02 Å². The lowest BCUT2D eigenvalue weighted by Crippen LogP contribution is -2.41. The number of anilines is 1. The third kappa shape index (κ3) is 3.16. The van der Waals surface area contributed by atoms with E-state index in [0.29, 0.717) is 11.6 Å². The molecule has 104 valence electrons. The molecule has 0 saturated heterocycles. The maximum Gasteiger partial charge on any atom is 0.274 e. The van der Waals surface area contributed by atoms with Crippen molar-refractivity contribution in [2.24, 2.45) is 0 Å². The van der Waals surface area contributed by atoms with Gasteiger partial charge in [-0.3, -0.25) is 4.79 Å². The van der Waals surface area contributed by atoms with E-state index in [-0.39, 0.29) is 30.1 Å². The fourth-order valence-corrected chi connectivity index (χ4v) is 2.70. The van der Waals surface area contributed by atoms with Crippen LogP contribution in [0.3, 0.4) is 0 Å². The summed E-state index contributed by atoms with van der Waals surface area (Å²) in [6.45, 7) is 0.235. The largest absolute Gasteiger partial charge is 0.395 e. The Bertz CT molecular complexity index is 461. The Morgan fingerprint density at radius 2 is 2.16 bits per heavy atom. The lowest BCUT2D eigenvalue weighted by molar-refractivity contribution is 0.0632. The van der Waals surface area contributed by atoms with Gasteiger partial charge in [0.05, 0.1) is 11.6 Å². The van der Waals surface area contributed by atoms with Crippen molar-refractivity contribution >= 4 is 23.3 Å². The predicted molar refractivity (Wildman–Crippen MR) is 74.0 cm³/mol. The third-order valence-electron chi connectivity index (χ3n) is 3.44. The summed E-state index contributed by atoms with van der Waals surface area (Å²) in [4.78, 5) is 18.2. The van der Waals surface area contributed by atoms with Crippen molar-refractivity contribution in [1.82, 2.24) is 9.88 Å². The number of amides is 1. The Labute approximate surface area is 117 Å². The van der Waals surface area contributed by atoms with Gasteiger partial charge in [-0.25, -0.2) is 4.98 Å². The highest BCUT2D eigenvalue weighted by atomic mass is 35.5. The minimum absolute atomic E-state index is 0.0673. The molecule has 0 atom stereocenters.